The quantitative estimate of drug-likeness (QED) is 0.889. The van der Waals surface area contributed by atoms with E-state index in [2.05, 4.69) is 15.6 Å². The number of hydrogen-bond donors (Lipinski definition) is 2. The molecule has 1 aliphatic heterocycles. The summed E-state index contributed by atoms with van der Waals surface area (Å²) in [7, 11) is 0. The molecule has 2 heterocycles. The summed E-state index contributed by atoms with van der Waals surface area (Å²) in [5, 5.41) is 6.09. The molecule has 5 nitrogen and oxygen atoms in total. The number of hydrogen-bond acceptors (Lipinski definition) is 4. The fourth-order valence-electron chi connectivity index (χ4n) is 2.29. The van der Waals surface area contributed by atoms with Gasteiger partial charge in [0, 0.05) is 25.1 Å². The van der Waals surface area contributed by atoms with Crippen LogP contribution in [0.15, 0.2) is 28.8 Å². The molecule has 0 saturated heterocycles. The van der Waals surface area contributed by atoms with Crippen molar-refractivity contribution in [2.24, 2.45) is 0 Å². The van der Waals surface area contributed by atoms with Gasteiger partial charge in [0.05, 0.1) is 12.7 Å². The maximum Gasteiger partial charge on any atom is 0.251 e. The molecular formula is C15H17N3O2. The van der Waals surface area contributed by atoms with Gasteiger partial charge in [0.2, 0.25) is 5.89 Å². The van der Waals surface area contributed by atoms with Gasteiger partial charge in [0.15, 0.2) is 0 Å². The molecular weight excluding hydrogens is 254 g/mol. The molecule has 1 aromatic carbocycles. The summed E-state index contributed by atoms with van der Waals surface area (Å²) in [4.78, 5) is 16.2. The number of carbonyl (C=O) groups excluding carboxylic acids is 1. The van der Waals surface area contributed by atoms with Crippen LogP contribution in [0, 0.1) is 0 Å². The Morgan fingerprint density at radius 3 is 3.05 bits per heavy atom. The molecule has 0 fully saturated rings. The molecule has 0 unspecified atom stereocenters. The number of nitrogens with zero attached hydrogens (tertiary/aromatic N) is 1. The first kappa shape index (κ1) is 12.9. The van der Waals surface area contributed by atoms with E-state index in [9.17, 15) is 4.79 Å². The highest BCUT2D eigenvalue weighted by Crippen LogP contribution is 2.17. The number of aryl methyl sites for hydroxylation is 1. The minimum Gasteiger partial charge on any atom is -0.444 e. The molecule has 5 heteroatoms. The van der Waals surface area contributed by atoms with Gasteiger partial charge < -0.3 is 15.1 Å². The third-order valence-electron chi connectivity index (χ3n) is 3.45. The second-order valence-corrected chi connectivity index (χ2v) is 4.84. The SMILES string of the molecule is CCc1cnc(CNC(=O)c2ccc3c(c2)CNC3)o1. The maximum atomic E-state index is 12.1. The Balaban J connectivity index is 1.64. The second-order valence-electron chi connectivity index (χ2n) is 4.84. The van der Waals surface area contributed by atoms with Crippen molar-refractivity contribution in [2.75, 3.05) is 0 Å². The van der Waals surface area contributed by atoms with E-state index in [1.165, 1.54) is 11.1 Å². The molecule has 0 aliphatic carbocycles. The Kier molecular flexibility index (Phi) is 3.52. The van der Waals surface area contributed by atoms with Crippen molar-refractivity contribution in [3.8, 4) is 0 Å². The van der Waals surface area contributed by atoms with E-state index in [1.807, 2.05) is 25.1 Å². The average molecular weight is 271 g/mol. The molecule has 1 amide bonds. The lowest BCUT2D eigenvalue weighted by Crippen LogP contribution is -2.23. The highest BCUT2D eigenvalue weighted by Gasteiger charge is 2.13. The normalized spacial score (nSPS) is 13.2. The molecule has 1 aromatic heterocycles. The van der Waals surface area contributed by atoms with Gasteiger partial charge in [0.1, 0.15) is 5.76 Å². The average Bonchev–Trinajstić information content (AvgIpc) is 3.12. The molecule has 3 rings (SSSR count). The lowest BCUT2D eigenvalue weighted by Gasteiger charge is -2.05. The second kappa shape index (κ2) is 5.46. The molecule has 2 aromatic rings. The van der Waals surface area contributed by atoms with Gasteiger partial charge in [-0.05, 0) is 23.3 Å². The van der Waals surface area contributed by atoms with E-state index in [1.54, 1.807) is 6.20 Å². The molecule has 2 N–H and O–H groups in total. The van der Waals surface area contributed by atoms with E-state index in [4.69, 9.17) is 4.42 Å². The Labute approximate surface area is 117 Å². The Morgan fingerprint density at radius 1 is 1.40 bits per heavy atom. The summed E-state index contributed by atoms with van der Waals surface area (Å²) in [6.45, 7) is 4.03. The van der Waals surface area contributed by atoms with Crippen LogP contribution in [-0.2, 0) is 26.1 Å². The van der Waals surface area contributed by atoms with Crippen molar-refractivity contribution in [1.29, 1.82) is 0 Å². The number of nitrogens with one attached hydrogen (secondary N) is 2. The van der Waals surface area contributed by atoms with Gasteiger partial charge in [-0.3, -0.25) is 4.79 Å². The number of rotatable bonds is 4. The van der Waals surface area contributed by atoms with Crippen LogP contribution in [0.2, 0.25) is 0 Å². The molecule has 0 saturated carbocycles. The zero-order valence-electron chi connectivity index (χ0n) is 11.4. The van der Waals surface area contributed by atoms with Gasteiger partial charge in [-0.25, -0.2) is 4.98 Å². The smallest absolute Gasteiger partial charge is 0.251 e. The van der Waals surface area contributed by atoms with Crippen molar-refractivity contribution < 1.29 is 9.21 Å². The molecule has 0 radical (unpaired) electrons. The van der Waals surface area contributed by atoms with Crippen LogP contribution in [0.25, 0.3) is 0 Å². The van der Waals surface area contributed by atoms with Crippen LogP contribution >= 0.6 is 0 Å². The molecule has 0 spiro atoms. The summed E-state index contributed by atoms with van der Waals surface area (Å²) in [6.07, 6.45) is 2.50. The standard InChI is InChI=1S/C15H17N3O2/c1-2-13-8-17-14(20-13)9-18-15(19)10-3-4-11-6-16-7-12(11)5-10/h3-5,8,16H,2,6-7,9H2,1H3,(H,18,19). The van der Waals surface area contributed by atoms with E-state index < -0.39 is 0 Å². The van der Waals surface area contributed by atoms with Crippen molar-refractivity contribution in [2.45, 2.75) is 33.0 Å². The van der Waals surface area contributed by atoms with Crippen LogP contribution < -0.4 is 10.6 Å². The number of benzene rings is 1. The van der Waals surface area contributed by atoms with Crippen molar-refractivity contribution in [1.82, 2.24) is 15.6 Å². The minimum absolute atomic E-state index is 0.101. The summed E-state index contributed by atoms with van der Waals surface area (Å²) in [6, 6.07) is 5.80. The molecule has 104 valence electrons. The number of fused-ring (bicyclic) bond motifs is 1. The topological polar surface area (TPSA) is 67.2 Å². The number of aromatic nitrogens is 1. The summed E-state index contributed by atoms with van der Waals surface area (Å²) in [5.41, 5.74) is 3.14. The molecule has 0 atom stereocenters. The summed E-state index contributed by atoms with van der Waals surface area (Å²) < 4.78 is 5.46. The molecule has 0 bridgehead atoms. The maximum absolute atomic E-state index is 12.1. The van der Waals surface area contributed by atoms with Crippen molar-refractivity contribution >= 4 is 5.91 Å². The largest absolute Gasteiger partial charge is 0.444 e. The molecule has 1 aliphatic rings. The summed E-state index contributed by atoms with van der Waals surface area (Å²) in [5.74, 6) is 1.27. The lowest BCUT2D eigenvalue weighted by atomic mass is 10.1. The first-order valence-corrected chi connectivity index (χ1v) is 6.80. The van der Waals surface area contributed by atoms with E-state index in [-0.39, 0.29) is 5.91 Å². The van der Waals surface area contributed by atoms with Gasteiger partial charge >= 0.3 is 0 Å². The highest BCUT2D eigenvalue weighted by atomic mass is 16.4. The van der Waals surface area contributed by atoms with Crippen LogP contribution in [0.4, 0.5) is 0 Å². The third-order valence-corrected chi connectivity index (χ3v) is 3.45. The fourth-order valence-corrected chi connectivity index (χ4v) is 2.29. The number of amides is 1. The predicted molar refractivity (Wildman–Crippen MR) is 74.0 cm³/mol. The van der Waals surface area contributed by atoms with Gasteiger partial charge in [0.25, 0.3) is 5.91 Å². The third kappa shape index (κ3) is 2.58. The fraction of sp³-hybridized carbons (Fsp3) is 0.333. The van der Waals surface area contributed by atoms with Crippen LogP contribution in [0.3, 0.4) is 0 Å². The van der Waals surface area contributed by atoms with Gasteiger partial charge in [-0.2, -0.15) is 0 Å². The Bertz CT molecular complexity index is 634. The summed E-state index contributed by atoms with van der Waals surface area (Å²) >= 11 is 0. The number of carbonyl (C=O) groups is 1. The van der Waals surface area contributed by atoms with Gasteiger partial charge in [-0.1, -0.05) is 13.0 Å². The monoisotopic (exact) mass is 271 g/mol. The van der Waals surface area contributed by atoms with E-state index in [0.29, 0.717) is 18.0 Å². The van der Waals surface area contributed by atoms with Crippen LogP contribution in [0.5, 0.6) is 0 Å². The van der Waals surface area contributed by atoms with Crippen molar-refractivity contribution in [3.63, 3.8) is 0 Å². The first-order chi connectivity index (χ1) is 9.76. The van der Waals surface area contributed by atoms with Gasteiger partial charge in [-0.15, -0.1) is 0 Å². The van der Waals surface area contributed by atoms with Crippen LogP contribution in [-0.4, -0.2) is 10.9 Å². The minimum atomic E-state index is -0.101. The van der Waals surface area contributed by atoms with E-state index >= 15 is 0 Å². The van der Waals surface area contributed by atoms with Crippen molar-refractivity contribution in [3.05, 3.63) is 52.7 Å². The van der Waals surface area contributed by atoms with E-state index in [0.717, 1.165) is 25.3 Å². The predicted octanol–water partition coefficient (Wildman–Crippen LogP) is 1.77. The lowest BCUT2D eigenvalue weighted by molar-refractivity contribution is 0.0947. The van der Waals surface area contributed by atoms with Crippen LogP contribution in [0.1, 0.15) is 40.1 Å². The highest BCUT2D eigenvalue weighted by molar-refractivity contribution is 5.94. The Morgan fingerprint density at radius 2 is 2.25 bits per heavy atom. The first-order valence-electron chi connectivity index (χ1n) is 6.80. The zero-order chi connectivity index (χ0) is 13.9. The zero-order valence-corrected chi connectivity index (χ0v) is 11.4. The number of oxazole rings is 1. The Hall–Kier alpha value is -2.14. The molecule has 20 heavy (non-hydrogen) atoms.